The summed E-state index contributed by atoms with van der Waals surface area (Å²) in [7, 11) is 0. The molecule has 2 aromatic rings. The third-order valence-electron chi connectivity index (χ3n) is 2.20. The number of hydrogen-bond acceptors (Lipinski definition) is 5. The lowest BCUT2D eigenvalue weighted by Crippen LogP contribution is -2.00. The number of carbonyl (C=O) groups is 1. The van der Waals surface area contributed by atoms with Gasteiger partial charge < -0.3 is 9.63 Å². The number of thioether (sulfide) groups is 1. The number of aromatic nitrogens is 2. The summed E-state index contributed by atoms with van der Waals surface area (Å²) in [4.78, 5) is 15.6. The molecule has 18 heavy (non-hydrogen) atoms. The highest BCUT2D eigenvalue weighted by Gasteiger charge is 2.10. The summed E-state index contributed by atoms with van der Waals surface area (Å²) in [5, 5.41) is 12.3. The molecule has 0 aliphatic carbocycles. The van der Waals surface area contributed by atoms with Gasteiger partial charge >= 0.3 is 5.97 Å². The molecule has 1 N–H and O–H groups in total. The molecule has 0 aliphatic heterocycles. The summed E-state index contributed by atoms with van der Waals surface area (Å²) in [6.07, 6.45) is -0.234. The molecule has 1 heterocycles. The summed E-state index contributed by atoms with van der Waals surface area (Å²) in [5.74, 6) is 0.238. The van der Waals surface area contributed by atoms with Gasteiger partial charge in [-0.3, -0.25) is 4.79 Å². The van der Waals surface area contributed by atoms with Gasteiger partial charge in [-0.15, -0.1) is 11.8 Å². The van der Waals surface area contributed by atoms with Crippen LogP contribution in [-0.2, 0) is 17.0 Å². The number of aryl methyl sites for hydroxylation is 1. The van der Waals surface area contributed by atoms with Crippen molar-refractivity contribution in [1.82, 2.24) is 10.1 Å². The zero-order valence-electron chi connectivity index (χ0n) is 9.79. The second-order valence-corrected chi connectivity index (χ2v) is 4.83. The molecule has 6 heteroatoms. The normalized spacial score (nSPS) is 10.5. The largest absolute Gasteiger partial charge is 0.481 e. The summed E-state index contributed by atoms with van der Waals surface area (Å²) in [6.45, 7) is 2.03. The van der Waals surface area contributed by atoms with Gasteiger partial charge in [-0.05, 0) is 19.1 Å². The van der Waals surface area contributed by atoms with E-state index in [2.05, 4.69) is 10.1 Å². The van der Waals surface area contributed by atoms with Gasteiger partial charge in [-0.1, -0.05) is 22.9 Å². The highest BCUT2D eigenvalue weighted by Crippen LogP contribution is 2.21. The number of benzene rings is 1. The van der Waals surface area contributed by atoms with Crippen LogP contribution in [0.1, 0.15) is 17.3 Å². The van der Waals surface area contributed by atoms with Crippen LogP contribution in [0, 0.1) is 6.92 Å². The number of carboxylic acid groups (broad SMARTS) is 1. The highest BCUT2D eigenvalue weighted by molar-refractivity contribution is 7.98. The fourth-order valence-electron chi connectivity index (χ4n) is 1.33. The van der Waals surface area contributed by atoms with Crippen LogP contribution < -0.4 is 0 Å². The monoisotopic (exact) mass is 264 g/mol. The van der Waals surface area contributed by atoms with E-state index in [1.165, 1.54) is 5.56 Å². The third kappa shape index (κ3) is 3.59. The minimum absolute atomic E-state index is 0.141. The van der Waals surface area contributed by atoms with Gasteiger partial charge in [-0.25, -0.2) is 0 Å². The van der Waals surface area contributed by atoms with Crippen molar-refractivity contribution in [2.45, 2.75) is 24.0 Å². The second-order valence-electron chi connectivity index (χ2n) is 3.78. The minimum Gasteiger partial charge on any atom is -0.481 e. The first-order valence-corrected chi connectivity index (χ1v) is 6.35. The smallest absolute Gasteiger partial charge is 0.312 e. The SMILES string of the molecule is Cc1ccc(SCc2noc(CC(=O)O)n2)cc1. The van der Waals surface area contributed by atoms with E-state index in [0.717, 1.165) is 4.90 Å². The first kappa shape index (κ1) is 12.6. The maximum absolute atomic E-state index is 10.5. The molecule has 0 saturated carbocycles. The Morgan fingerprint density at radius 2 is 2.11 bits per heavy atom. The third-order valence-corrected chi connectivity index (χ3v) is 3.21. The Bertz CT molecular complexity index is 537. The maximum atomic E-state index is 10.5. The van der Waals surface area contributed by atoms with Crippen molar-refractivity contribution in [3.63, 3.8) is 0 Å². The van der Waals surface area contributed by atoms with Crippen molar-refractivity contribution < 1.29 is 14.4 Å². The van der Waals surface area contributed by atoms with Crippen LogP contribution in [0.15, 0.2) is 33.7 Å². The summed E-state index contributed by atoms with van der Waals surface area (Å²) in [5.41, 5.74) is 1.21. The van der Waals surface area contributed by atoms with E-state index in [0.29, 0.717) is 11.6 Å². The predicted octanol–water partition coefficient (Wildman–Crippen LogP) is 2.30. The van der Waals surface area contributed by atoms with Crippen LogP contribution in [0.25, 0.3) is 0 Å². The van der Waals surface area contributed by atoms with Crippen LogP contribution in [0.3, 0.4) is 0 Å². The average Bonchev–Trinajstić information content (AvgIpc) is 2.75. The number of nitrogens with zero attached hydrogens (tertiary/aromatic N) is 2. The molecule has 0 radical (unpaired) electrons. The van der Waals surface area contributed by atoms with Gasteiger partial charge in [0.2, 0.25) is 5.89 Å². The van der Waals surface area contributed by atoms with Gasteiger partial charge in [0.25, 0.3) is 0 Å². The Morgan fingerprint density at radius 1 is 1.39 bits per heavy atom. The molecule has 5 nitrogen and oxygen atoms in total. The molecule has 1 aromatic heterocycles. The van der Waals surface area contributed by atoms with Crippen molar-refractivity contribution in [2.24, 2.45) is 0 Å². The van der Waals surface area contributed by atoms with Gasteiger partial charge in [0.15, 0.2) is 5.82 Å². The lowest BCUT2D eigenvalue weighted by atomic mass is 10.2. The molecule has 0 atom stereocenters. The molecule has 0 saturated heterocycles. The Kier molecular flexibility index (Phi) is 3.99. The van der Waals surface area contributed by atoms with Gasteiger partial charge in [0.1, 0.15) is 6.42 Å². The van der Waals surface area contributed by atoms with Crippen LogP contribution >= 0.6 is 11.8 Å². The topological polar surface area (TPSA) is 76.2 Å². The lowest BCUT2D eigenvalue weighted by molar-refractivity contribution is -0.136. The summed E-state index contributed by atoms with van der Waals surface area (Å²) < 4.78 is 4.83. The first-order valence-electron chi connectivity index (χ1n) is 5.36. The van der Waals surface area contributed by atoms with E-state index < -0.39 is 5.97 Å². The van der Waals surface area contributed by atoms with Gasteiger partial charge in [-0.2, -0.15) is 4.98 Å². The maximum Gasteiger partial charge on any atom is 0.312 e. The van der Waals surface area contributed by atoms with Crippen molar-refractivity contribution in [3.8, 4) is 0 Å². The Hall–Kier alpha value is -1.82. The zero-order chi connectivity index (χ0) is 13.0. The van der Waals surface area contributed by atoms with Crippen LogP contribution in [0.2, 0.25) is 0 Å². The minimum atomic E-state index is -0.976. The zero-order valence-corrected chi connectivity index (χ0v) is 10.6. The average molecular weight is 264 g/mol. The Balaban J connectivity index is 1.92. The number of aliphatic carboxylic acids is 1. The van der Waals surface area contributed by atoms with Gasteiger partial charge in [0, 0.05) is 4.90 Å². The molecule has 0 amide bonds. The summed E-state index contributed by atoms with van der Waals surface area (Å²) >= 11 is 1.58. The van der Waals surface area contributed by atoms with E-state index in [1.54, 1.807) is 11.8 Å². The fourth-order valence-corrected chi connectivity index (χ4v) is 2.07. The lowest BCUT2D eigenvalue weighted by Gasteiger charge is -1.98. The van der Waals surface area contributed by atoms with Crippen LogP contribution in [-0.4, -0.2) is 21.2 Å². The molecule has 0 spiro atoms. The molecule has 0 fully saturated rings. The van der Waals surface area contributed by atoms with Crippen LogP contribution in [0.4, 0.5) is 0 Å². The van der Waals surface area contributed by atoms with Crippen molar-refractivity contribution in [1.29, 1.82) is 0 Å². The van der Waals surface area contributed by atoms with Crippen molar-refractivity contribution in [2.75, 3.05) is 0 Å². The van der Waals surface area contributed by atoms with Crippen LogP contribution in [0.5, 0.6) is 0 Å². The fraction of sp³-hybridized carbons (Fsp3) is 0.250. The molecule has 0 aliphatic rings. The highest BCUT2D eigenvalue weighted by atomic mass is 32.2. The molecular formula is C12H12N2O3S. The Labute approximate surface area is 108 Å². The summed E-state index contributed by atoms with van der Waals surface area (Å²) in [6, 6.07) is 8.12. The van der Waals surface area contributed by atoms with E-state index in [1.807, 2.05) is 31.2 Å². The van der Waals surface area contributed by atoms with E-state index >= 15 is 0 Å². The van der Waals surface area contributed by atoms with Crippen molar-refractivity contribution in [3.05, 3.63) is 41.5 Å². The quantitative estimate of drug-likeness (QED) is 0.835. The molecule has 1 aromatic carbocycles. The van der Waals surface area contributed by atoms with E-state index in [-0.39, 0.29) is 12.3 Å². The first-order chi connectivity index (χ1) is 8.63. The standard InChI is InChI=1S/C12H12N2O3S/c1-8-2-4-9(5-3-8)18-7-10-13-11(17-14-10)6-12(15)16/h2-5H,6-7H2,1H3,(H,15,16). The van der Waals surface area contributed by atoms with Crippen molar-refractivity contribution >= 4 is 17.7 Å². The molecule has 2 rings (SSSR count). The predicted molar refractivity (Wildman–Crippen MR) is 66.4 cm³/mol. The molecular weight excluding hydrogens is 252 g/mol. The second kappa shape index (κ2) is 5.68. The van der Waals surface area contributed by atoms with E-state index in [4.69, 9.17) is 9.63 Å². The number of carboxylic acids is 1. The number of hydrogen-bond donors (Lipinski definition) is 1. The number of rotatable bonds is 5. The molecule has 94 valence electrons. The molecule has 0 unspecified atom stereocenters. The molecule has 0 bridgehead atoms. The van der Waals surface area contributed by atoms with Gasteiger partial charge in [0.05, 0.1) is 5.75 Å². The van der Waals surface area contributed by atoms with E-state index in [9.17, 15) is 4.79 Å². The Morgan fingerprint density at radius 3 is 2.78 bits per heavy atom.